The molecule has 14 heavy (non-hydrogen) atoms. The first kappa shape index (κ1) is 9.87. The van der Waals surface area contributed by atoms with Crippen LogP contribution in [-0.4, -0.2) is 4.98 Å². The molecule has 0 aliphatic rings. The van der Waals surface area contributed by atoms with Gasteiger partial charge in [0.15, 0.2) is 0 Å². The Bertz CT molecular complexity index is 462. The Hall–Kier alpha value is -0.670. The van der Waals surface area contributed by atoms with Gasteiger partial charge in [-0.25, -0.2) is 4.98 Å². The molecule has 3 heteroatoms. The molecule has 1 nitrogen and oxygen atoms in total. The number of halogens is 1. The van der Waals surface area contributed by atoms with Crippen LogP contribution in [0.5, 0.6) is 0 Å². The van der Waals surface area contributed by atoms with E-state index >= 15 is 0 Å². The summed E-state index contributed by atoms with van der Waals surface area (Å²) in [6, 6.07) is 6.44. The second-order valence-corrected chi connectivity index (χ2v) is 5.70. The fraction of sp³-hybridized carbons (Fsp3) is 0.182. The highest BCUT2D eigenvalue weighted by molar-refractivity contribution is 9.11. The van der Waals surface area contributed by atoms with Crippen LogP contribution >= 0.6 is 27.3 Å². The fourth-order valence-electron chi connectivity index (χ4n) is 1.43. The van der Waals surface area contributed by atoms with Crippen molar-refractivity contribution in [1.82, 2.24) is 4.98 Å². The minimum absolute atomic E-state index is 1.08. The fourth-order valence-corrected chi connectivity index (χ4v) is 2.73. The monoisotopic (exact) mass is 267 g/mol. The summed E-state index contributed by atoms with van der Waals surface area (Å²) >= 11 is 5.09. The molecule has 0 saturated carbocycles. The van der Waals surface area contributed by atoms with E-state index in [0.717, 1.165) is 8.79 Å². The van der Waals surface area contributed by atoms with Crippen LogP contribution in [-0.2, 0) is 0 Å². The van der Waals surface area contributed by atoms with Gasteiger partial charge < -0.3 is 0 Å². The van der Waals surface area contributed by atoms with Crippen LogP contribution in [0.25, 0.3) is 10.6 Å². The van der Waals surface area contributed by atoms with Crippen LogP contribution in [0.15, 0.2) is 28.2 Å². The molecule has 72 valence electrons. The average Bonchev–Trinajstić information content (AvgIpc) is 2.51. The highest BCUT2D eigenvalue weighted by Crippen LogP contribution is 2.30. The van der Waals surface area contributed by atoms with Gasteiger partial charge in [-0.3, -0.25) is 0 Å². The molecule has 0 amide bonds. The van der Waals surface area contributed by atoms with Gasteiger partial charge in [-0.05, 0) is 35.3 Å². The van der Waals surface area contributed by atoms with E-state index in [1.54, 1.807) is 11.3 Å². The summed E-state index contributed by atoms with van der Waals surface area (Å²) in [4.78, 5) is 4.35. The number of aromatic nitrogens is 1. The van der Waals surface area contributed by atoms with Crippen molar-refractivity contribution in [3.63, 3.8) is 0 Å². The normalized spacial score (nSPS) is 10.5. The third kappa shape index (κ3) is 1.88. The van der Waals surface area contributed by atoms with Crippen molar-refractivity contribution in [2.24, 2.45) is 0 Å². The lowest BCUT2D eigenvalue weighted by Crippen LogP contribution is -1.82. The van der Waals surface area contributed by atoms with Crippen molar-refractivity contribution in [3.8, 4) is 10.6 Å². The van der Waals surface area contributed by atoms with Crippen LogP contribution in [0, 0.1) is 13.8 Å². The maximum absolute atomic E-state index is 4.35. The van der Waals surface area contributed by atoms with E-state index in [2.05, 4.69) is 53.0 Å². The second-order valence-electron chi connectivity index (χ2n) is 3.29. The zero-order valence-corrected chi connectivity index (χ0v) is 10.4. The molecule has 0 aliphatic carbocycles. The predicted molar refractivity (Wildman–Crippen MR) is 64.7 cm³/mol. The van der Waals surface area contributed by atoms with E-state index in [1.165, 1.54) is 16.7 Å². The molecule has 0 saturated heterocycles. The van der Waals surface area contributed by atoms with Crippen molar-refractivity contribution < 1.29 is 0 Å². The highest BCUT2D eigenvalue weighted by atomic mass is 79.9. The van der Waals surface area contributed by atoms with E-state index in [1.807, 2.05) is 6.20 Å². The minimum atomic E-state index is 1.08. The highest BCUT2D eigenvalue weighted by Gasteiger charge is 2.05. The van der Waals surface area contributed by atoms with Gasteiger partial charge >= 0.3 is 0 Å². The van der Waals surface area contributed by atoms with E-state index in [9.17, 15) is 0 Å². The quantitative estimate of drug-likeness (QED) is 0.755. The van der Waals surface area contributed by atoms with Crippen LogP contribution in [0.4, 0.5) is 0 Å². The largest absolute Gasteiger partial charge is 0.243 e. The van der Waals surface area contributed by atoms with Gasteiger partial charge in [0.1, 0.15) is 5.01 Å². The minimum Gasteiger partial charge on any atom is -0.243 e. The van der Waals surface area contributed by atoms with E-state index in [-0.39, 0.29) is 0 Å². The van der Waals surface area contributed by atoms with Gasteiger partial charge in [0.25, 0.3) is 0 Å². The standard InChI is InChI=1S/C11H10BrNS/c1-7-3-4-9(8(2)5-7)11-13-6-10(12)14-11/h3-6H,1-2H3. The summed E-state index contributed by atoms with van der Waals surface area (Å²) in [7, 11) is 0. The molecule has 0 bridgehead atoms. The van der Waals surface area contributed by atoms with Crippen molar-refractivity contribution in [2.45, 2.75) is 13.8 Å². The zero-order chi connectivity index (χ0) is 10.1. The Kier molecular flexibility index (Phi) is 2.70. The Labute approximate surface area is 95.9 Å². The Morgan fingerprint density at radius 1 is 1.29 bits per heavy atom. The van der Waals surface area contributed by atoms with E-state index in [4.69, 9.17) is 0 Å². The third-order valence-electron chi connectivity index (χ3n) is 2.09. The van der Waals surface area contributed by atoms with Gasteiger partial charge in [0, 0.05) is 5.56 Å². The summed E-state index contributed by atoms with van der Waals surface area (Å²) < 4.78 is 1.08. The van der Waals surface area contributed by atoms with Crippen LogP contribution in [0.1, 0.15) is 11.1 Å². The van der Waals surface area contributed by atoms with E-state index in [0.29, 0.717) is 0 Å². The molecular weight excluding hydrogens is 258 g/mol. The summed E-state index contributed by atoms with van der Waals surface area (Å²) in [5.41, 5.74) is 3.81. The molecule has 0 N–H and O–H groups in total. The molecule has 2 rings (SSSR count). The van der Waals surface area contributed by atoms with Crippen molar-refractivity contribution in [2.75, 3.05) is 0 Å². The first-order valence-electron chi connectivity index (χ1n) is 4.36. The molecule has 1 aromatic carbocycles. The Morgan fingerprint density at radius 2 is 2.07 bits per heavy atom. The zero-order valence-electron chi connectivity index (χ0n) is 8.04. The van der Waals surface area contributed by atoms with Crippen LogP contribution in [0.3, 0.4) is 0 Å². The summed E-state index contributed by atoms with van der Waals surface area (Å²) in [6.07, 6.45) is 1.85. The molecule has 0 aliphatic heterocycles. The molecule has 1 heterocycles. The number of benzene rings is 1. The smallest absolute Gasteiger partial charge is 0.124 e. The molecule has 0 radical (unpaired) electrons. The van der Waals surface area contributed by atoms with Gasteiger partial charge in [0.05, 0.1) is 9.98 Å². The molecule has 0 fully saturated rings. The number of hydrogen-bond donors (Lipinski definition) is 0. The molecule has 0 spiro atoms. The van der Waals surface area contributed by atoms with Gasteiger partial charge in [-0.1, -0.05) is 23.8 Å². The maximum Gasteiger partial charge on any atom is 0.124 e. The number of hydrogen-bond acceptors (Lipinski definition) is 2. The Balaban J connectivity index is 2.52. The molecular formula is C11H10BrNS. The number of rotatable bonds is 1. The second kappa shape index (κ2) is 3.83. The average molecular weight is 268 g/mol. The van der Waals surface area contributed by atoms with Gasteiger partial charge in [0.2, 0.25) is 0 Å². The topological polar surface area (TPSA) is 12.9 Å². The van der Waals surface area contributed by atoms with Gasteiger partial charge in [-0.2, -0.15) is 0 Å². The summed E-state index contributed by atoms with van der Waals surface area (Å²) in [6.45, 7) is 4.23. The molecule has 0 atom stereocenters. The molecule has 1 aromatic heterocycles. The van der Waals surface area contributed by atoms with Crippen molar-refractivity contribution >= 4 is 27.3 Å². The van der Waals surface area contributed by atoms with Crippen LogP contribution in [0.2, 0.25) is 0 Å². The number of thiazole rings is 1. The first-order valence-corrected chi connectivity index (χ1v) is 5.97. The lowest BCUT2D eigenvalue weighted by Gasteiger charge is -2.02. The summed E-state index contributed by atoms with van der Waals surface area (Å²) in [5.74, 6) is 0. The lowest BCUT2D eigenvalue weighted by molar-refractivity contribution is 1.34. The van der Waals surface area contributed by atoms with E-state index < -0.39 is 0 Å². The third-order valence-corrected chi connectivity index (χ3v) is 3.60. The maximum atomic E-state index is 4.35. The van der Waals surface area contributed by atoms with Crippen molar-refractivity contribution in [3.05, 3.63) is 39.3 Å². The van der Waals surface area contributed by atoms with Crippen molar-refractivity contribution in [1.29, 1.82) is 0 Å². The molecule has 2 aromatic rings. The van der Waals surface area contributed by atoms with Gasteiger partial charge in [-0.15, -0.1) is 11.3 Å². The lowest BCUT2D eigenvalue weighted by atomic mass is 10.1. The number of aryl methyl sites for hydroxylation is 2. The summed E-state index contributed by atoms with van der Waals surface area (Å²) in [5, 5.41) is 1.08. The first-order chi connectivity index (χ1) is 6.66. The Morgan fingerprint density at radius 3 is 2.64 bits per heavy atom. The SMILES string of the molecule is Cc1ccc(-c2ncc(Br)s2)c(C)c1. The van der Waals surface area contributed by atoms with Crippen LogP contribution < -0.4 is 0 Å². The number of nitrogens with zero attached hydrogens (tertiary/aromatic N) is 1. The molecule has 0 unspecified atom stereocenters. The predicted octanol–water partition coefficient (Wildman–Crippen LogP) is 4.19.